The summed E-state index contributed by atoms with van der Waals surface area (Å²) in [5.74, 6) is 0.811. The third kappa shape index (κ3) is 7.17. The zero-order chi connectivity index (χ0) is 12.3. The summed E-state index contributed by atoms with van der Waals surface area (Å²) in [6.07, 6.45) is 19.8. The molecule has 0 radical (unpaired) electrons. The van der Waals surface area contributed by atoms with Crippen molar-refractivity contribution in [1.82, 2.24) is 0 Å². The molecule has 96 valence electrons. The van der Waals surface area contributed by atoms with Gasteiger partial charge in [-0.05, 0) is 38.5 Å². The molecule has 0 amide bonds. The third-order valence-electron chi connectivity index (χ3n) is 3.30. The molecule has 1 N–H and O–H groups in total. The second kappa shape index (κ2) is 9.23. The molecular formula is C16H26O. The molecule has 0 heterocycles. The number of unbranched alkanes of at least 4 members (excludes halogenated alkanes) is 1. The lowest BCUT2D eigenvalue weighted by Crippen LogP contribution is -2.02. The van der Waals surface area contributed by atoms with Crippen LogP contribution in [0.1, 0.15) is 51.9 Å². The second-order valence-corrected chi connectivity index (χ2v) is 4.96. The fourth-order valence-corrected chi connectivity index (χ4v) is 2.23. The van der Waals surface area contributed by atoms with Gasteiger partial charge in [0, 0.05) is 6.61 Å². The Balaban J connectivity index is 2.25. The van der Waals surface area contributed by atoms with E-state index in [0.29, 0.717) is 0 Å². The number of aliphatic hydroxyl groups excluding tert-OH is 1. The van der Waals surface area contributed by atoms with E-state index in [2.05, 4.69) is 37.3 Å². The Hall–Kier alpha value is -0.820. The van der Waals surface area contributed by atoms with Crippen molar-refractivity contribution in [3.63, 3.8) is 0 Å². The van der Waals surface area contributed by atoms with E-state index in [1.54, 1.807) is 0 Å². The van der Waals surface area contributed by atoms with Gasteiger partial charge in [-0.15, -0.1) is 0 Å². The van der Waals surface area contributed by atoms with Crippen molar-refractivity contribution >= 4 is 0 Å². The van der Waals surface area contributed by atoms with Crippen LogP contribution >= 0.6 is 0 Å². The maximum absolute atomic E-state index is 8.66. The summed E-state index contributed by atoms with van der Waals surface area (Å²) >= 11 is 0. The van der Waals surface area contributed by atoms with Gasteiger partial charge in [0.05, 0.1) is 0 Å². The predicted octanol–water partition coefficient (Wildman–Crippen LogP) is 4.40. The monoisotopic (exact) mass is 234 g/mol. The first kappa shape index (κ1) is 14.2. The summed E-state index contributed by atoms with van der Waals surface area (Å²) in [6, 6.07) is 0. The van der Waals surface area contributed by atoms with E-state index < -0.39 is 0 Å². The number of aliphatic hydroxyl groups is 1. The normalized spacial score (nSPS) is 19.5. The van der Waals surface area contributed by atoms with Crippen molar-refractivity contribution in [2.45, 2.75) is 51.9 Å². The number of hydrogen-bond donors (Lipinski definition) is 1. The topological polar surface area (TPSA) is 20.2 Å². The van der Waals surface area contributed by atoms with Crippen LogP contribution in [0.4, 0.5) is 0 Å². The van der Waals surface area contributed by atoms with Crippen molar-refractivity contribution in [1.29, 1.82) is 0 Å². The summed E-state index contributed by atoms with van der Waals surface area (Å²) in [5.41, 5.74) is 1.29. The number of allylic oxidation sites excluding steroid dienone is 6. The summed E-state index contributed by atoms with van der Waals surface area (Å²) in [4.78, 5) is 0. The molecule has 1 fully saturated rings. The largest absolute Gasteiger partial charge is 0.396 e. The first-order valence-corrected chi connectivity index (χ1v) is 6.95. The molecule has 1 nitrogen and oxygen atoms in total. The van der Waals surface area contributed by atoms with Gasteiger partial charge in [-0.3, -0.25) is 0 Å². The fraction of sp³-hybridized carbons (Fsp3) is 0.625. The van der Waals surface area contributed by atoms with Gasteiger partial charge < -0.3 is 5.11 Å². The molecule has 0 aromatic carbocycles. The number of rotatable bonds is 6. The molecular weight excluding hydrogens is 208 g/mol. The summed E-state index contributed by atoms with van der Waals surface area (Å²) in [6.45, 7) is 2.41. The van der Waals surface area contributed by atoms with E-state index >= 15 is 0 Å². The standard InChI is InChI=1S/C16H26O/c1-15(9-4-3-7-14-17)10-8-13-16-11-5-2-6-12-16/h4,8-10,13,16-17H,2-3,5-7,11-12,14H2,1H3/b9-4+,13-8+,15-10+. The first-order valence-electron chi connectivity index (χ1n) is 6.95. The van der Waals surface area contributed by atoms with Gasteiger partial charge in [-0.25, -0.2) is 0 Å². The molecule has 0 aromatic rings. The predicted molar refractivity (Wildman–Crippen MR) is 74.9 cm³/mol. The average Bonchev–Trinajstić information content (AvgIpc) is 2.36. The van der Waals surface area contributed by atoms with E-state index in [1.807, 2.05) is 0 Å². The Labute approximate surface area is 106 Å². The smallest absolute Gasteiger partial charge is 0.0433 e. The van der Waals surface area contributed by atoms with Gasteiger partial charge in [-0.2, -0.15) is 0 Å². The maximum atomic E-state index is 8.66. The fourth-order valence-electron chi connectivity index (χ4n) is 2.23. The summed E-state index contributed by atoms with van der Waals surface area (Å²) < 4.78 is 0. The number of hydrogen-bond acceptors (Lipinski definition) is 1. The molecule has 17 heavy (non-hydrogen) atoms. The molecule has 1 rings (SSSR count). The Morgan fingerprint density at radius 3 is 2.71 bits per heavy atom. The van der Waals surface area contributed by atoms with Crippen molar-refractivity contribution in [2.24, 2.45) is 5.92 Å². The lowest BCUT2D eigenvalue weighted by atomic mass is 9.89. The molecule has 0 unspecified atom stereocenters. The Morgan fingerprint density at radius 1 is 1.24 bits per heavy atom. The van der Waals surface area contributed by atoms with Crippen LogP contribution in [0.15, 0.2) is 36.0 Å². The molecule has 1 aliphatic carbocycles. The van der Waals surface area contributed by atoms with Gasteiger partial charge in [0.25, 0.3) is 0 Å². The van der Waals surface area contributed by atoms with Gasteiger partial charge in [0.15, 0.2) is 0 Å². The molecule has 0 aromatic heterocycles. The highest BCUT2D eigenvalue weighted by atomic mass is 16.2. The Bertz CT molecular complexity index is 267. The molecule has 0 atom stereocenters. The SMILES string of the molecule is CC(/C=C/CCCO)=C\C=C\C1CCCCC1. The maximum Gasteiger partial charge on any atom is 0.0433 e. The highest BCUT2D eigenvalue weighted by Gasteiger charge is 2.08. The zero-order valence-corrected chi connectivity index (χ0v) is 11.1. The quantitative estimate of drug-likeness (QED) is 0.533. The van der Waals surface area contributed by atoms with Crippen LogP contribution in [0.3, 0.4) is 0 Å². The lowest BCUT2D eigenvalue weighted by molar-refractivity contribution is 0.289. The highest BCUT2D eigenvalue weighted by molar-refractivity contribution is 5.21. The van der Waals surface area contributed by atoms with Gasteiger partial charge >= 0.3 is 0 Å². The average molecular weight is 234 g/mol. The summed E-state index contributed by atoms with van der Waals surface area (Å²) in [7, 11) is 0. The van der Waals surface area contributed by atoms with Crippen LogP contribution in [-0.4, -0.2) is 11.7 Å². The molecule has 1 saturated carbocycles. The minimum atomic E-state index is 0.286. The minimum Gasteiger partial charge on any atom is -0.396 e. The van der Waals surface area contributed by atoms with Crippen molar-refractivity contribution in [3.05, 3.63) is 36.0 Å². The van der Waals surface area contributed by atoms with E-state index in [1.165, 1.54) is 37.7 Å². The van der Waals surface area contributed by atoms with Crippen LogP contribution in [0.25, 0.3) is 0 Å². The van der Waals surface area contributed by atoms with E-state index in [0.717, 1.165) is 18.8 Å². The Morgan fingerprint density at radius 2 is 2.00 bits per heavy atom. The highest BCUT2D eigenvalue weighted by Crippen LogP contribution is 2.24. The van der Waals surface area contributed by atoms with Crippen LogP contribution in [0.2, 0.25) is 0 Å². The first-order chi connectivity index (χ1) is 8.33. The van der Waals surface area contributed by atoms with Crippen molar-refractivity contribution in [2.75, 3.05) is 6.61 Å². The van der Waals surface area contributed by atoms with Crippen molar-refractivity contribution < 1.29 is 5.11 Å². The van der Waals surface area contributed by atoms with Gasteiger partial charge in [-0.1, -0.05) is 55.2 Å². The van der Waals surface area contributed by atoms with Crippen LogP contribution in [0, 0.1) is 5.92 Å². The molecule has 0 bridgehead atoms. The van der Waals surface area contributed by atoms with E-state index in [4.69, 9.17) is 5.11 Å². The van der Waals surface area contributed by atoms with E-state index in [9.17, 15) is 0 Å². The molecule has 1 aliphatic rings. The summed E-state index contributed by atoms with van der Waals surface area (Å²) in [5, 5.41) is 8.66. The Kier molecular flexibility index (Phi) is 7.74. The van der Waals surface area contributed by atoms with Crippen molar-refractivity contribution in [3.8, 4) is 0 Å². The molecule has 1 heteroatoms. The van der Waals surface area contributed by atoms with Crippen LogP contribution in [0.5, 0.6) is 0 Å². The third-order valence-corrected chi connectivity index (χ3v) is 3.30. The molecule has 0 aliphatic heterocycles. The zero-order valence-electron chi connectivity index (χ0n) is 11.1. The van der Waals surface area contributed by atoms with E-state index in [-0.39, 0.29) is 6.61 Å². The molecule has 0 saturated heterocycles. The van der Waals surface area contributed by atoms with Gasteiger partial charge in [0.2, 0.25) is 0 Å². The van der Waals surface area contributed by atoms with Gasteiger partial charge in [0.1, 0.15) is 0 Å². The lowest BCUT2D eigenvalue weighted by Gasteiger charge is -2.17. The van der Waals surface area contributed by atoms with Crippen LogP contribution < -0.4 is 0 Å². The second-order valence-electron chi connectivity index (χ2n) is 4.96. The van der Waals surface area contributed by atoms with Crippen LogP contribution in [-0.2, 0) is 0 Å². The minimum absolute atomic E-state index is 0.286. The molecule has 0 spiro atoms.